The number of nitrogen functional groups attached to an aromatic ring is 1. The van der Waals surface area contributed by atoms with E-state index in [9.17, 15) is 14.3 Å². The van der Waals surface area contributed by atoms with Crippen molar-refractivity contribution in [2.75, 3.05) is 37.1 Å². The number of imidazole rings is 1. The lowest BCUT2D eigenvalue weighted by molar-refractivity contribution is -0.117. The lowest BCUT2D eigenvalue weighted by atomic mass is 10.00. The van der Waals surface area contributed by atoms with Crippen LogP contribution in [-0.2, 0) is 23.1 Å². The monoisotopic (exact) mass is 502 g/mol. The van der Waals surface area contributed by atoms with Crippen molar-refractivity contribution in [3.05, 3.63) is 6.33 Å². The first kappa shape index (κ1) is 25.9. The number of hydrogen-bond acceptors (Lipinski definition) is 11. The minimum atomic E-state index is -4.27. The zero-order valence-electron chi connectivity index (χ0n) is 19.3. The number of nitrogens with two attached hydrogens (primary N) is 1. The van der Waals surface area contributed by atoms with Gasteiger partial charge in [0.1, 0.15) is 6.23 Å². The third-order valence-electron chi connectivity index (χ3n) is 5.01. The number of anilines is 2. The first-order chi connectivity index (χ1) is 15.4. The number of rotatable bonds is 9. The number of ether oxygens (including phenoxy) is 1. The highest BCUT2D eigenvalue weighted by molar-refractivity contribution is 8.13. The van der Waals surface area contributed by atoms with Crippen LogP contribution < -0.4 is 11.1 Å². The SMILES string of the molecule is CNc1nc(N)nc2c1ncn2[C@@H]1O[C@H](COP(=O)(O)OCCSC(=O)C(C)(C)C)C[C@@H]1C. The Morgan fingerprint density at radius 2 is 2.15 bits per heavy atom. The standard InChI is InChI=1S/C19H31N6O6PS/c1-11-8-12(9-30-32(27,28)29-6-7-33-17(26)19(2,3)4)31-16(11)25-10-22-13-14(21-5)23-18(20)24-15(13)25/h10-12,16H,6-9H2,1-5H3,(H,27,28)(H3,20,21,23,24)/t11-,12-,16+/m0/s1. The predicted molar refractivity (Wildman–Crippen MR) is 126 cm³/mol. The molecule has 0 saturated carbocycles. The molecule has 2 aromatic heterocycles. The van der Waals surface area contributed by atoms with Crippen LogP contribution >= 0.6 is 19.6 Å². The summed E-state index contributed by atoms with van der Waals surface area (Å²) in [7, 11) is -2.55. The van der Waals surface area contributed by atoms with Gasteiger partial charge in [0.25, 0.3) is 0 Å². The van der Waals surface area contributed by atoms with Crippen LogP contribution in [0.1, 0.15) is 40.3 Å². The van der Waals surface area contributed by atoms with Crippen LogP contribution in [-0.4, -0.2) is 61.6 Å². The van der Waals surface area contributed by atoms with Gasteiger partial charge >= 0.3 is 7.82 Å². The summed E-state index contributed by atoms with van der Waals surface area (Å²) in [6, 6.07) is 0. The second-order valence-electron chi connectivity index (χ2n) is 8.85. The molecule has 14 heteroatoms. The zero-order chi connectivity index (χ0) is 24.4. The van der Waals surface area contributed by atoms with E-state index in [-0.39, 0.29) is 35.9 Å². The first-order valence-corrected chi connectivity index (χ1v) is 13.0. The molecule has 1 fully saturated rings. The van der Waals surface area contributed by atoms with Gasteiger partial charge in [-0.1, -0.05) is 39.5 Å². The summed E-state index contributed by atoms with van der Waals surface area (Å²) >= 11 is 1.06. The molecule has 4 atom stereocenters. The smallest absolute Gasteiger partial charge is 0.371 e. The fourth-order valence-electron chi connectivity index (χ4n) is 3.38. The molecule has 33 heavy (non-hydrogen) atoms. The van der Waals surface area contributed by atoms with Gasteiger partial charge in [0.15, 0.2) is 22.1 Å². The number of carbonyl (C=O) groups excluding carboxylic acids is 1. The van der Waals surface area contributed by atoms with E-state index in [0.717, 1.165) is 11.8 Å². The second-order valence-corrected chi connectivity index (χ2v) is 11.4. The van der Waals surface area contributed by atoms with E-state index in [1.54, 1.807) is 17.9 Å². The largest absolute Gasteiger partial charge is 0.472 e. The van der Waals surface area contributed by atoms with Crippen LogP contribution in [0.25, 0.3) is 11.2 Å². The highest BCUT2D eigenvalue weighted by Gasteiger charge is 2.36. The number of phosphoric ester groups is 1. The maximum absolute atomic E-state index is 12.2. The Bertz CT molecular complexity index is 1040. The Morgan fingerprint density at radius 3 is 2.82 bits per heavy atom. The Hall–Kier alpha value is -1.76. The molecule has 12 nitrogen and oxygen atoms in total. The van der Waals surface area contributed by atoms with Crippen molar-refractivity contribution >= 4 is 47.6 Å². The van der Waals surface area contributed by atoms with Crippen molar-refractivity contribution in [1.82, 2.24) is 19.5 Å². The quantitative estimate of drug-likeness (QED) is 0.340. The fourth-order valence-corrected chi connectivity index (χ4v) is 5.04. The van der Waals surface area contributed by atoms with E-state index in [4.69, 9.17) is 19.5 Å². The molecule has 184 valence electrons. The molecule has 0 aromatic carbocycles. The van der Waals surface area contributed by atoms with Crippen LogP contribution in [0.3, 0.4) is 0 Å². The maximum atomic E-state index is 12.2. The Balaban J connectivity index is 1.54. The summed E-state index contributed by atoms with van der Waals surface area (Å²) < 4.78 is 30.2. The molecule has 0 amide bonds. The molecular formula is C19H31N6O6PS. The maximum Gasteiger partial charge on any atom is 0.472 e. The van der Waals surface area contributed by atoms with Crippen molar-refractivity contribution in [3.63, 3.8) is 0 Å². The molecule has 1 saturated heterocycles. The zero-order valence-corrected chi connectivity index (χ0v) is 21.1. The van der Waals surface area contributed by atoms with Gasteiger partial charge in [-0.05, 0) is 6.42 Å². The number of fused-ring (bicyclic) bond motifs is 1. The summed E-state index contributed by atoms with van der Waals surface area (Å²) in [4.78, 5) is 34.6. The number of nitrogens with zero attached hydrogens (tertiary/aromatic N) is 4. The highest BCUT2D eigenvalue weighted by Crippen LogP contribution is 2.45. The van der Waals surface area contributed by atoms with Crippen molar-refractivity contribution in [2.45, 2.75) is 46.4 Å². The Kier molecular flexibility index (Phi) is 8.03. The van der Waals surface area contributed by atoms with Crippen LogP contribution in [0.2, 0.25) is 0 Å². The molecule has 4 N–H and O–H groups in total. The molecule has 1 unspecified atom stereocenters. The minimum absolute atomic E-state index is 0.0138. The van der Waals surface area contributed by atoms with Crippen LogP contribution in [0, 0.1) is 11.3 Å². The third-order valence-corrected chi connectivity index (χ3v) is 7.24. The van der Waals surface area contributed by atoms with Crippen molar-refractivity contribution in [2.24, 2.45) is 11.3 Å². The van der Waals surface area contributed by atoms with Gasteiger partial charge in [-0.15, -0.1) is 0 Å². The molecule has 1 aliphatic rings. The number of nitrogens with one attached hydrogen (secondary N) is 1. The number of aromatic nitrogens is 4. The van der Waals surface area contributed by atoms with Gasteiger partial charge in [0.05, 0.1) is 25.6 Å². The van der Waals surface area contributed by atoms with Crippen molar-refractivity contribution in [1.29, 1.82) is 0 Å². The van der Waals surface area contributed by atoms with E-state index in [1.165, 1.54) is 0 Å². The molecule has 0 spiro atoms. The number of hydrogen-bond donors (Lipinski definition) is 3. The van der Waals surface area contributed by atoms with Crippen molar-refractivity contribution in [3.8, 4) is 0 Å². The molecule has 0 radical (unpaired) electrons. The number of carbonyl (C=O) groups is 1. The molecular weight excluding hydrogens is 471 g/mol. The van der Waals surface area contributed by atoms with Gasteiger partial charge in [-0.2, -0.15) is 9.97 Å². The molecule has 3 heterocycles. The average molecular weight is 503 g/mol. The molecule has 0 bridgehead atoms. The summed E-state index contributed by atoms with van der Waals surface area (Å²) in [6.07, 6.45) is 1.38. The third kappa shape index (κ3) is 6.43. The Morgan fingerprint density at radius 1 is 1.42 bits per heavy atom. The molecule has 3 rings (SSSR count). The number of thioether (sulfide) groups is 1. The topological polar surface area (TPSA) is 164 Å². The Labute approximate surface area is 196 Å². The van der Waals surface area contributed by atoms with E-state index >= 15 is 0 Å². The molecule has 2 aromatic rings. The first-order valence-electron chi connectivity index (χ1n) is 10.5. The summed E-state index contributed by atoms with van der Waals surface area (Å²) in [6.45, 7) is 7.24. The van der Waals surface area contributed by atoms with E-state index in [2.05, 4.69) is 20.3 Å². The second kappa shape index (κ2) is 10.2. The summed E-state index contributed by atoms with van der Waals surface area (Å²) in [5.74, 6) is 0.947. The van der Waals surface area contributed by atoms with Crippen LogP contribution in [0.15, 0.2) is 6.33 Å². The van der Waals surface area contributed by atoms with Gasteiger partial charge < -0.3 is 20.7 Å². The van der Waals surface area contributed by atoms with Gasteiger partial charge in [0, 0.05) is 24.1 Å². The van der Waals surface area contributed by atoms with E-state index in [1.807, 2.05) is 27.7 Å². The molecule has 1 aliphatic heterocycles. The van der Waals surface area contributed by atoms with Crippen LogP contribution in [0.4, 0.5) is 11.8 Å². The van der Waals surface area contributed by atoms with Crippen molar-refractivity contribution < 1.29 is 28.0 Å². The predicted octanol–water partition coefficient (Wildman–Crippen LogP) is 2.81. The van der Waals surface area contributed by atoms with Gasteiger partial charge in [-0.25, -0.2) is 9.55 Å². The van der Waals surface area contributed by atoms with Gasteiger partial charge in [0.2, 0.25) is 5.95 Å². The van der Waals surface area contributed by atoms with Gasteiger partial charge in [-0.3, -0.25) is 18.4 Å². The number of phosphoric acid groups is 1. The van der Waals surface area contributed by atoms with Crippen LogP contribution in [0.5, 0.6) is 0 Å². The lowest BCUT2D eigenvalue weighted by Gasteiger charge is -2.19. The summed E-state index contributed by atoms with van der Waals surface area (Å²) in [5.41, 5.74) is 6.43. The summed E-state index contributed by atoms with van der Waals surface area (Å²) in [5, 5.41) is 2.93. The lowest BCUT2D eigenvalue weighted by Crippen LogP contribution is -2.18. The normalized spacial score (nSPS) is 23.0. The molecule has 0 aliphatic carbocycles. The van der Waals surface area contributed by atoms with E-state index < -0.39 is 25.6 Å². The van der Waals surface area contributed by atoms with E-state index in [0.29, 0.717) is 23.4 Å². The fraction of sp³-hybridized carbons (Fsp3) is 0.684. The average Bonchev–Trinajstić information content (AvgIpc) is 3.31. The minimum Gasteiger partial charge on any atom is -0.371 e. The highest BCUT2D eigenvalue weighted by atomic mass is 32.2.